The van der Waals surface area contributed by atoms with Gasteiger partial charge in [-0.15, -0.1) is 11.3 Å². The number of hydrogen-bond acceptors (Lipinski definition) is 5. The van der Waals surface area contributed by atoms with E-state index in [-0.39, 0.29) is 17.7 Å². The molecule has 2 aromatic heterocycles. The van der Waals surface area contributed by atoms with Gasteiger partial charge < -0.3 is 5.32 Å². The van der Waals surface area contributed by atoms with Gasteiger partial charge in [0.25, 0.3) is 5.91 Å². The van der Waals surface area contributed by atoms with E-state index in [1.54, 1.807) is 0 Å². The van der Waals surface area contributed by atoms with Crippen molar-refractivity contribution >= 4 is 23.0 Å². The number of rotatable bonds is 5. The van der Waals surface area contributed by atoms with E-state index >= 15 is 0 Å². The molecule has 7 heteroatoms. The molecule has 1 amide bonds. The van der Waals surface area contributed by atoms with E-state index in [2.05, 4.69) is 15.4 Å². The summed E-state index contributed by atoms with van der Waals surface area (Å²) in [5, 5.41) is 7.77. The van der Waals surface area contributed by atoms with Crippen LogP contribution >= 0.6 is 11.3 Å². The fraction of sp³-hybridized carbons (Fsp3) is 0.467. The number of nitrogens with zero attached hydrogens (tertiary/aromatic N) is 3. The molecule has 0 saturated heterocycles. The van der Waals surface area contributed by atoms with E-state index in [9.17, 15) is 9.59 Å². The average molecular weight is 320 g/mol. The number of hydrogen-bond donors (Lipinski definition) is 1. The molecule has 22 heavy (non-hydrogen) atoms. The second-order valence-corrected chi connectivity index (χ2v) is 6.21. The van der Waals surface area contributed by atoms with Crippen molar-refractivity contribution in [1.29, 1.82) is 0 Å². The van der Waals surface area contributed by atoms with Gasteiger partial charge in [-0.05, 0) is 27.7 Å². The van der Waals surface area contributed by atoms with Crippen LogP contribution in [0.15, 0.2) is 6.20 Å². The van der Waals surface area contributed by atoms with Gasteiger partial charge in [-0.3, -0.25) is 14.3 Å². The van der Waals surface area contributed by atoms with Gasteiger partial charge in [-0.25, -0.2) is 4.98 Å². The molecule has 0 aromatic carbocycles. The van der Waals surface area contributed by atoms with Crippen LogP contribution in [-0.4, -0.2) is 26.5 Å². The van der Waals surface area contributed by atoms with E-state index in [4.69, 9.17) is 0 Å². The Labute approximate surface area is 133 Å². The van der Waals surface area contributed by atoms with Gasteiger partial charge in [0.1, 0.15) is 4.88 Å². The molecule has 2 heterocycles. The van der Waals surface area contributed by atoms with Crippen LogP contribution in [0.1, 0.15) is 63.2 Å². The van der Waals surface area contributed by atoms with Crippen molar-refractivity contribution in [2.45, 2.75) is 47.2 Å². The molecule has 0 unspecified atom stereocenters. The highest BCUT2D eigenvalue weighted by Gasteiger charge is 2.20. The zero-order chi connectivity index (χ0) is 16.4. The molecule has 0 aliphatic heterocycles. The molecule has 2 aromatic rings. The lowest BCUT2D eigenvalue weighted by atomic mass is 10.1. The topological polar surface area (TPSA) is 76.9 Å². The van der Waals surface area contributed by atoms with Crippen LogP contribution in [0.25, 0.3) is 0 Å². The maximum atomic E-state index is 12.3. The third kappa shape index (κ3) is 3.09. The molecule has 6 nitrogen and oxygen atoms in total. The highest BCUT2D eigenvalue weighted by molar-refractivity contribution is 7.15. The molecule has 0 saturated carbocycles. The van der Waals surface area contributed by atoms with Crippen LogP contribution in [0.3, 0.4) is 0 Å². The molecule has 2 rings (SSSR count). The van der Waals surface area contributed by atoms with Gasteiger partial charge in [0.15, 0.2) is 10.8 Å². The van der Waals surface area contributed by atoms with Crippen molar-refractivity contribution in [2.75, 3.05) is 0 Å². The number of aryl methyl sites for hydroxylation is 2. The standard InChI is InChI=1S/C15H20N4O2S/c1-6-19-10(4)13(9(3)18-19)8(2)17-14(21)12-7-16-15(22-12)11(5)20/h7-8H,6H2,1-5H3,(H,17,21)/t8-/m1/s1. The summed E-state index contributed by atoms with van der Waals surface area (Å²) >= 11 is 1.11. The fourth-order valence-corrected chi connectivity index (χ4v) is 3.24. The van der Waals surface area contributed by atoms with E-state index in [1.807, 2.05) is 32.4 Å². The molecule has 0 spiro atoms. The molecule has 0 radical (unpaired) electrons. The number of Topliss-reactive ketones (excluding diaryl/α,β-unsaturated/α-hetero) is 1. The van der Waals surface area contributed by atoms with E-state index in [1.165, 1.54) is 13.1 Å². The van der Waals surface area contributed by atoms with Crippen LogP contribution < -0.4 is 5.32 Å². The second-order valence-electron chi connectivity index (χ2n) is 5.18. The summed E-state index contributed by atoms with van der Waals surface area (Å²) in [5.41, 5.74) is 3.01. The number of aromatic nitrogens is 3. The van der Waals surface area contributed by atoms with Crippen molar-refractivity contribution in [3.05, 3.63) is 33.0 Å². The Morgan fingerprint density at radius 2 is 2.09 bits per heavy atom. The molecule has 0 fully saturated rings. The van der Waals surface area contributed by atoms with Gasteiger partial charge in [-0.1, -0.05) is 0 Å². The third-order valence-electron chi connectivity index (χ3n) is 3.55. The highest BCUT2D eigenvalue weighted by Crippen LogP contribution is 2.22. The molecule has 0 aliphatic rings. The maximum Gasteiger partial charge on any atom is 0.263 e. The van der Waals surface area contributed by atoms with Crippen molar-refractivity contribution in [2.24, 2.45) is 0 Å². The minimum atomic E-state index is -0.222. The summed E-state index contributed by atoms with van der Waals surface area (Å²) in [4.78, 5) is 27.9. The summed E-state index contributed by atoms with van der Waals surface area (Å²) in [6.45, 7) is 10.1. The largest absolute Gasteiger partial charge is 0.345 e. The van der Waals surface area contributed by atoms with E-state index < -0.39 is 0 Å². The highest BCUT2D eigenvalue weighted by atomic mass is 32.1. The molecule has 118 valence electrons. The van der Waals surface area contributed by atoms with E-state index in [0.717, 1.165) is 34.8 Å². The average Bonchev–Trinajstić information content (AvgIpc) is 3.03. The van der Waals surface area contributed by atoms with Gasteiger partial charge >= 0.3 is 0 Å². The van der Waals surface area contributed by atoms with Crippen molar-refractivity contribution in [1.82, 2.24) is 20.1 Å². The van der Waals surface area contributed by atoms with Crippen molar-refractivity contribution in [3.8, 4) is 0 Å². The first kappa shape index (κ1) is 16.4. The minimum absolute atomic E-state index is 0.131. The third-order valence-corrected chi connectivity index (χ3v) is 4.65. The van der Waals surface area contributed by atoms with Gasteiger partial charge in [-0.2, -0.15) is 5.10 Å². The molecular weight excluding hydrogens is 300 g/mol. The normalized spacial score (nSPS) is 12.2. The first-order chi connectivity index (χ1) is 10.3. The first-order valence-electron chi connectivity index (χ1n) is 7.16. The van der Waals surface area contributed by atoms with Gasteiger partial charge in [0.05, 0.1) is 17.9 Å². The van der Waals surface area contributed by atoms with Crippen LogP contribution in [0.2, 0.25) is 0 Å². The Balaban J connectivity index is 2.17. The quantitative estimate of drug-likeness (QED) is 0.859. The lowest BCUT2D eigenvalue weighted by molar-refractivity contribution is 0.0942. The van der Waals surface area contributed by atoms with Gasteiger partial charge in [0, 0.05) is 24.7 Å². The summed E-state index contributed by atoms with van der Waals surface area (Å²) in [7, 11) is 0. The van der Waals surface area contributed by atoms with E-state index in [0.29, 0.717) is 9.88 Å². The minimum Gasteiger partial charge on any atom is -0.345 e. The molecular formula is C15H20N4O2S. The lowest BCUT2D eigenvalue weighted by Crippen LogP contribution is -2.26. The smallest absolute Gasteiger partial charge is 0.263 e. The molecule has 0 bridgehead atoms. The Bertz CT molecular complexity index is 717. The second kappa shape index (κ2) is 6.39. The number of nitrogens with one attached hydrogen (secondary N) is 1. The van der Waals surface area contributed by atoms with Crippen LogP contribution in [0.4, 0.5) is 0 Å². The Morgan fingerprint density at radius 3 is 2.59 bits per heavy atom. The monoisotopic (exact) mass is 320 g/mol. The lowest BCUT2D eigenvalue weighted by Gasteiger charge is -2.14. The van der Waals surface area contributed by atoms with Crippen LogP contribution in [-0.2, 0) is 6.54 Å². The molecule has 1 N–H and O–H groups in total. The van der Waals surface area contributed by atoms with Crippen molar-refractivity contribution in [3.63, 3.8) is 0 Å². The first-order valence-corrected chi connectivity index (χ1v) is 7.98. The Hall–Kier alpha value is -2.02. The molecule has 0 aliphatic carbocycles. The predicted octanol–water partition coefficient (Wildman–Crippen LogP) is 2.67. The number of thiazole rings is 1. The number of ketones is 1. The predicted molar refractivity (Wildman–Crippen MR) is 85.4 cm³/mol. The Kier molecular flexibility index (Phi) is 4.75. The summed E-state index contributed by atoms with van der Waals surface area (Å²) in [6, 6.07) is -0.157. The summed E-state index contributed by atoms with van der Waals surface area (Å²) in [5.74, 6) is -0.353. The van der Waals surface area contributed by atoms with Crippen molar-refractivity contribution < 1.29 is 9.59 Å². The summed E-state index contributed by atoms with van der Waals surface area (Å²) < 4.78 is 1.92. The fourth-order valence-electron chi connectivity index (χ4n) is 2.53. The number of carbonyl (C=O) groups excluding carboxylic acids is 2. The zero-order valence-electron chi connectivity index (χ0n) is 13.4. The van der Waals surface area contributed by atoms with Gasteiger partial charge in [0.2, 0.25) is 0 Å². The zero-order valence-corrected chi connectivity index (χ0v) is 14.2. The number of amides is 1. The Morgan fingerprint density at radius 1 is 1.41 bits per heavy atom. The van der Waals surface area contributed by atoms with Crippen LogP contribution in [0.5, 0.6) is 0 Å². The molecule has 1 atom stereocenters. The van der Waals surface area contributed by atoms with Crippen LogP contribution in [0, 0.1) is 13.8 Å². The SMILES string of the molecule is CCn1nc(C)c([C@@H](C)NC(=O)c2cnc(C(C)=O)s2)c1C. The number of carbonyl (C=O) groups is 2. The summed E-state index contributed by atoms with van der Waals surface area (Å²) in [6.07, 6.45) is 1.44. The maximum absolute atomic E-state index is 12.3.